The average molecular weight is 299 g/mol. The molecule has 0 saturated heterocycles. The fourth-order valence-corrected chi connectivity index (χ4v) is 3.14. The van der Waals surface area contributed by atoms with Crippen LogP contribution in [0.15, 0.2) is 24.3 Å². The van der Waals surface area contributed by atoms with Crippen molar-refractivity contribution in [3.05, 3.63) is 30.1 Å². The van der Waals surface area contributed by atoms with Crippen molar-refractivity contribution in [3.8, 4) is 0 Å². The van der Waals surface area contributed by atoms with E-state index in [0.717, 1.165) is 29.0 Å². The molecular formula is C19H29N3. The van der Waals surface area contributed by atoms with E-state index >= 15 is 0 Å². The summed E-state index contributed by atoms with van der Waals surface area (Å²) in [6.45, 7) is 15.6. The third-order valence-electron chi connectivity index (χ3n) is 3.57. The number of para-hydroxylation sites is 1. The van der Waals surface area contributed by atoms with Crippen LogP contribution in [0.25, 0.3) is 10.9 Å². The van der Waals surface area contributed by atoms with Gasteiger partial charge in [-0.15, -0.1) is 0 Å². The summed E-state index contributed by atoms with van der Waals surface area (Å²) in [7, 11) is 0. The van der Waals surface area contributed by atoms with Crippen LogP contribution in [-0.2, 0) is 0 Å². The van der Waals surface area contributed by atoms with Gasteiger partial charge < -0.3 is 5.32 Å². The highest BCUT2D eigenvalue weighted by Gasteiger charge is 2.26. The summed E-state index contributed by atoms with van der Waals surface area (Å²) < 4.78 is 0. The van der Waals surface area contributed by atoms with Crippen molar-refractivity contribution in [2.45, 2.75) is 66.3 Å². The highest BCUT2D eigenvalue weighted by molar-refractivity contribution is 5.89. The summed E-state index contributed by atoms with van der Waals surface area (Å²) >= 11 is 0. The van der Waals surface area contributed by atoms with Gasteiger partial charge in [-0.25, -0.2) is 9.97 Å². The minimum Gasteiger partial charge on any atom is -0.365 e. The van der Waals surface area contributed by atoms with Gasteiger partial charge in [0.2, 0.25) is 0 Å². The van der Waals surface area contributed by atoms with Gasteiger partial charge >= 0.3 is 0 Å². The zero-order chi connectivity index (χ0) is 16.5. The Morgan fingerprint density at radius 1 is 1.00 bits per heavy atom. The molecule has 0 spiro atoms. The normalized spacial score (nSPS) is 12.9. The molecule has 2 rings (SSSR count). The van der Waals surface area contributed by atoms with Crippen LogP contribution < -0.4 is 5.32 Å². The van der Waals surface area contributed by atoms with Crippen LogP contribution in [0.4, 0.5) is 5.82 Å². The predicted octanol–water partition coefficient (Wildman–Crippen LogP) is 5.38. The molecule has 120 valence electrons. The van der Waals surface area contributed by atoms with Crippen LogP contribution in [0.1, 0.15) is 66.6 Å². The second-order valence-corrected chi connectivity index (χ2v) is 8.35. The maximum atomic E-state index is 4.79. The van der Waals surface area contributed by atoms with E-state index in [1.54, 1.807) is 0 Å². The molecule has 0 amide bonds. The highest BCUT2D eigenvalue weighted by Crippen LogP contribution is 2.31. The zero-order valence-electron chi connectivity index (χ0n) is 15.0. The van der Waals surface area contributed by atoms with Crippen LogP contribution in [0.3, 0.4) is 0 Å². The van der Waals surface area contributed by atoms with Gasteiger partial charge in [-0.3, -0.25) is 0 Å². The van der Waals surface area contributed by atoms with Gasteiger partial charge in [0.25, 0.3) is 0 Å². The molecule has 1 heterocycles. The maximum absolute atomic E-state index is 4.79. The summed E-state index contributed by atoms with van der Waals surface area (Å²) in [6, 6.07) is 8.23. The molecule has 2 aromatic rings. The van der Waals surface area contributed by atoms with E-state index in [0.29, 0.717) is 5.92 Å². The lowest BCUT2D eigenvalue weighted by Gasteiger charge is -2.34. The van der Waals surface area contributed by atoms with E-state index in [-0.39, 0.29) is 11.0 Å². The SMILES string of the molecule is CC(C)c1nc(NC(C)(C)CC(C)(C)C)c2ccccc2n1. The third-order valence-corrected chi connectivity index (χ3v) is 3.57. The van der Waals surface area contributed by atoms with E-state index in [4.69, 9.17) is 4.98 Å². The highest BCUT2D eigenvalue weighted by atomic mass is 15.1. The minimum absolute atomic E-state index is 0.0242. The summed E-state index contributed by atoms with van der Waals surface area (Å²) in [5.74, 6) is 2.16. The second kappa shape index (κ2) is 5.86. The Hall–Kier alpha value is -1.64. The monoisotopic (exact) mass is 299 g/mol. The molecule has 0 atom stereocenters. The topological polar surface area (TPSA) is 37.8 Å². The molecule has 0 saturated carbocycles. The van der Waals surface area contributed by atoms with Gasteiger partial charge in [0, 0.05) is 16.8 Å². The van der Waals surface area contributed by atoms with Gasteiger partial charge in [0.05, 0.1) is 5.52 Å². The third kappa shape index (κ3) is 4.19. The first kappa shape index (κ1) is 16.7. The molecule has 0 fully saturated rings. The van der Waals surface area contributed by atoms with Crippen molar-refractivity contribution in [2.75, 3.05) is 5.32 Å². The number of anilines is 1. The molecule has 1 N–H and O–H groups in total. The Labute approximate surface area is 134 Å². The fourth-order valence-electron chi connectivity index (χ4n) is 3.14. The summed E-state index contributed by atoms with van der Waals surface area (Å²) in [6.07, 6.45) is 1.06. The Balaban J connectivity index is 2.45. The Kier molecular flexibility index (Phi) is 4.46. The Morgan fingerprint density at radius 2 is 1.64 bits per heavy atom. The average Bonchev–Trinajstić information content (AvgIpc) is 2.35. The lowest BCUT2D eigenvalue weighted by atomic mass is 9.82. The van der Waals surface area contributed by atoms with Crippen LogP contribution in [0.2, 0.25) is 0 Å². The number of fused-ring (bicyclic) bond motifs is 1. The van der Waals surface area contributed by atoms with Crippen LogP contribution in [0.5, 0.6) is 0 Å². The molecule has 0 radical (unpaired) electrons. The minimum atomic E-state index is -0.0242. The largest absolute Gasteiger partial charge is 0.365 e. The van der Waals surface area contributed by atoms with Gasteiger partial charge in [0.1, 0.15) is 11.6 Å². The molecule has 0 aliphatic carbocycles. The lowest BCUT2D eigenvalue weighted by Crippen LogP contribution is -2.36. The first-order chi connectivity index (χ1) is 10.1. The molecule has 0 aliphatic rings. The van der Waals surface area contributed by atoms with Gasteiger partial charge in [-0.1, -0.05) is 46.8 Å². The molecule has 3 heteroatoms. The van der Waals surface area contributed by atoms with Crippen molar-refractivity contribution in [3.63, 3.8) is 0 Å². The molecule has 0 unspecified atom stereocenters. The Morgan fingerprint density at radius 3 is 2.23 bits per heavy atom. The van der Waals surface area contributed by atoms with Crippen molar-refractivity contribution in [1.82, 2.24) is 9.97 Å². The number of aromatic nitrogens is 2. The van der Waals surface area contributed by atoms with Crippen LogP contribution in [0, 0.1) is 5.41 Å². The summed E-state index contributed by atoms with van der Waals surface area (Å²) in [5, 5.41) is 4.75. The molecule has 1 aromatic carbocycles. The summed E-state index contributed by atoms with van der Waals surface area (Å²) in [5.41, 5.74) is 1.25. The first-order valence-electron chi connectivity index (χ1n) is 8.12. The second-order valence-electron chi connectivity index (χ2n) is 8.35. The van der Waals surface area contributed by atoms with E-state index in [1.165, 1.54) is 0 Å². The Bertz CT molecular complexity index is 651. The molecule has 3 nitrogen and oxygen atoms in total. The van der Waals surface area contributed by atoms with Crippen molar-refractivity contribution >= 4 is 16.7 Å². The van der Waals surface area contributed by atoms with Crippen LogP contribution >= 0.6 is 0 Å². The van der Waals surface area contributed by atoms with E-state index < -0.39 is 0 Å². The smallest absolute Gasteiger partial charge is 0.138 e. The molecule has 0 bridgehead atoms. The molecular weight excluding hydrogens is 270 g/mol. The van der Waals surface area contributed by atoms with E-state index in [2.05, 4.69) is 70.9 Å². The van der Waals surface area contributed by atoms with E-state index in [9.17, 15) is 0 Å². The number of hydrogen-bond donors (Lipinski definition) is 1. The number of benzene rings is 1. The van der Waals surface area contributed by atoms with Gasteiger partial charge in [0.15, 0.2) is 0 Å². The fraction of sp³-hybridized carbons (Fsp3) is 0.579. The van der Waals surface area contributed by atoms with Gasteiger partial charge in [-0.05, 0) is 37.8 Å². The standard InChI is InChI=1S/C19H29N3/c1-13(2)16-20-15-11-9-8-10-14(15)17(21-16)22-19(6,7)12-18(3,4)5/h8-11,13H,12H2,1-7H3,(H,20,21,22). The van der Waals surface area contributed by atoms with Crippen molar-refractivity contribution in [2.24, 2.45) is 5.41 Å². The maximum Gasteiger partial charge on any atom is 0.138 e. The quantitative estimate of drug-likeness (QED) is 0.823. The van der Waals surface area contributed by atoms with E-state index in [1.807, 2.05) is 12.1 Å². The number of rotatable bonds is 4. The van der Waals surface area contributed by atoms with Crippen molar-refractivity contribution in [1.29, 1.82) is 0 Å². The van der Waals surface area contributed by atoms with Gasteiger partial charge in [-0.2, -0.15) is 0 Å². The molecule has 0 aliphatic heterocycles. The predicted molar refractivity (Wildman–Crippen MR) is 95.4 cm³/mol. The molecule has 22 heavy (non-hydrogen) atoms. The summed E-state index contributed by atoms with van der Waals surface area (Å²) in [4.78, 5) is 9.48. The molecule has 1 aromatic heterocycles. The lowest BCUT2D eigenvalue weighted by molar-refractivity contribution is 0.302. The van der Waals surface area contributed by atoms with Crippen molar-refractivity contribution < 1.29 is 0 Å². The number of nitrogens with zero attached hydrogens (tertiary/aromatic N) is 2. The first-order valence-corrected chi connectivity index (χ1v) is 8.12. The number of nitrogens with one attached hydrogen (secondary N) is 1. The number of hydrogen-bond acceptors (Lipinski definition) is 3. The van der Waals surface area contributed by atoms with Crippen LogP contribution in [-0.4, -0.2) is 15.5 Å². The zero-order valence-corrected chi connectivity index (χ0v) is 15.0.